The third-order valence-corrected chi connectivity index (χ3v) is 3.05. The predicted octanol–water partition coefficient (Wildman–Crippen LogP) is 1.99. The van der Waals surface area contributed by atoms with Gasteiger partial charge in [-0.05, 0) is 24.9 Å². The summed E-state index contributed by atoms with van der Waals surface area (Å²) < 4.78 is 10.9. The van der Waals surface area contributed by atoms with Crippen LogP contribution >= 0.6 is 11.6 Å². The van der Waals surface area contributed by atoms with Gasteiger partial charge in [-0.15, -0.1) is 0 Å². The lowest BCUT2D eigenvalue weighted by atomic mass is 9.97. The van der Waals surface area contributed by atoms with Gasteiger partial charge in [0.25, 0.3) is 0 Å². The smallest absolute Gasteiger partial charge is 0.164 e. The average molecular weight is 241 g/mol. The van der Waals surface area contributed by atoms with Gasteiger partial charge in [0.1, 0.15) is 0 Å². The summed E-state index contributed by atoms with van der Waals surface area (Å²) in [6.07, 6.45) is 3.71. The van der Waals surface area contributed by atoms with E-state index in [0.717, 1.165) is 29.7 Å². The zero-order chi connectivity index (χ0) is 11.5. The number of fused-ring (bicyclic) bond motifs is 1. The molecule has 0 atom stereocenters. The van der Waals surface area contributed by atoms with Gasteiger partial charge in [-0.1, -0.05) is 11.6 Å². The fourth-order valence-corrected chi connectivity index (χ4v) is 2.29. The number of rotatable bonds is 3. The Balaban J connectivity index is 2.53. The van der Waals surface area contributed by atoms with Crippen molar-refractivity contribution in [1.82, 2.24) is 0 Å². The van der Waals surface area contributed by atoms with E-state index in [-0.39, 0.29) is 0 Å². The molecule has 0 amide bonds. The Morgan fingerprint density at radius 3 is 3.06 bits per heavy atom. The van der Waals surface area contributed by atoms with Gasteiger partial charge in [0.2, 0.25) is 0 Å². The number of nitrogens with two attached hydrogens (primary N) is 1. The van der Waals surface area contributed by atoms with E-state index in [2.05, 4.69) is 6.42 Å². The molecule has 16 heavy (non-hydrogen) atoms. The van der Waals surface area contributed by atoms with Crippen LogP contribution in [0.25, 0.3) is 0 Å². The monoisotopic (exact) mass is 240 g/mol. The molecule has 0 fully saturated rings. The SMILES string of the molecule is COc1cc(Cl)c(CCN)c2c1OC[CH]C2. The van der Waals surface area contributed by atoms with Crippen molar-refractivity contribution >= 4 is 11.6 Å². The average Bonchev–Trinajstić information content (AvgIpc) is 2.32. The molecule has 1 aliphatic heterocycles. The summed E-state index contributed by atoms with van der Waals surface area (Å²) in [5.74, 6) is 1.52. The minimum atomic E-state index is 0.582. The molecule has 87 valence electrons. The Bertz CT molecular complexity index is 393. The highest BCUT2D eigenvalue weighted by molar-refractivity contribution is 6.31. The highest BCUT2D eigenvalue weighted by Gasteiger charge is 2.21. The van der Waals surface area contributed by atoms with E-state index in [9.17, 15) is 0 Å². The number of ether oxygens (including phenoxy) is 2. The first-order valence-electron chi connectivity index (χ1n) is 5.30. The fraction of sp³-hybridized carbons (Fsp3) is 0.417. The minimum absolute atomic E-state index is 0.582. The molecule has 0 saturated heterocycles. The van der Waals surface area contributed by atoms with E-state index in [0.29, 0.717) is 23.9 Å². The van der Waals surface area contributed by atoms with Crippen LogP contribution < -0.4 is 15.2 Å². The van der Waals surface area contributed by atoms with Crippen molar-refractivity contribution < 1.29 is 9.47 Å². The lowest BCUT2D eigenvalue weighted by molar-refractivity contribution is 0.300. The molecule has 0 aromatic heterocycles. The van der Waals surface area contributed by atoms with Crippen LogP contribution in [0.3, 0.4) is 0 Å². The highest BCUT2D eigenvalue weighted by Crippen LogP contribution is 2.40. The number of hydrogen-bond donors (Lipinski definition) is 1. The van der Waals surface area contributed by atoms with Crippen LogP contribution in [-0.2, 0) is 12.8 Å². The van der Waals surface area contributed by atoms with Crippen molar-refractivity contribution in [2.75, 3.05) is 20.3 Å². The predicted molar refractivity (Wildman–Crippen MR) is 64.3 cm³/mol. The van der Waals surface area contributed by atoms with E-state index >= 15 is 0 Å². The van der Waals surface area contributed by atoms with Gasteiger partial charge in [0.05, 0.1) is 13.7 Å². The van der Waals surface area contributed by atoms with Crippen molar-refractivity contribution in [3.63, 3.8) is 0 Å². The second-order valence-electron chi connectivity index (χ2n) is 3.69. The van der Waals surface area contributed by atoms with Crippen LogP contribution in [0, 0.1) is 6.42 Å². The molecule has 0 unspecified atom stereocenters. The van der Waals surface area contributed by atoms with Gasteiger partial charge < -0.3 is 15.2 Å². The maximum Gasteiger partial charge on any atom is 0.164 e. The maximum atomic E-state index is 6.22. The number of halogens is 1. The van der Waals surface area contributed by atoms with Gasteiger partial charge >= 0.3 is 0 Å². The Kier molecular flexibility index (Phi) is 3.56. The van der Waals surface area contributed by atoms with Gasteiger partial charge in [-0.25, -0.2) is 0 Å². The largest absolute Gasteiger partial charge is 0.493 e. The van der Waals surface area contributed by atoms with E-state index in [1.165, 1.54) is 0 Å². The summed E-state index contributed by atoms with van der Waals surface area (Å²) in [6.45, 7) is 1.20. The van der Waals surface area contributed by atoms with Gasteiger partial charge in [-0.2, -0.15) is 0 Å². The Labute approximate surface area is 100 Å². The molecule has 0 bridgehead atoms. The Hall–Kier alpha value is -0.930. The molecular weight excluding hydrogens is 226 g/mol. The topological polar surface area (TPSA) is 44.5 Å². The first-order valence-corrected chi connectivity index (χ1v) is 5.68. The molecule has 4 heteroatoms. The summed E-state index contributed by atoms with van der Waals surface area (Å²) >= 11 is 6.22. The van der Waals surface area contributed by atoms with Crippen LogP contribution in [0.1, 0.15) is 11.1 Å². The zero-order valence-electron chi connectivity index (χ0n) is 9.25. The Morgan fingerprint density at radius 2 is 2.38 bits per heavy atom. The summed E-state index contributed by atoms with van der Waals surface area (Å²) in [4.78, 5) is 0. The van der Waals surface area contributed by atoms with Crippen molar-refractivity contribution in [2.45, 2.75) is 12.8 Å². The first-order chi connectivity index (χ1) is 7.77. The fourth-order valence-electron chi connectivity index (χ4n) is 1.98. The molecule has 2 N–H and O–H groups in total. The number of benzene rings is 1. The van der Waals surface area contributed by atoms with E-state index in [4.69, 9.17) is 26.8 Å². The minimum Gasteiger partial charge on any atom is -0.493 e. The molecule has 2 rings (SSSR count). The van der Waals surface area contributed by atoms with Gasteiger partial charge in [-0.3, -0.25) is 0 Å². The molecule has 0 aliphatic carbocycles. The molecule has 0 saturated carbocycles. The van der Waals surface area contributed by atoms with Crippen LogP contribution in [0.5, 0.6) is 11.5 Å². The second-order valence-corrected chi connectivity index (χ2v) is 4.10. The molecular formula is C12H15ClNO2. The van der Waals surface area contributed by atoms with E-state index in [1.54, 1.807) is 13.2 Å². The molecule has 1 heterocycles. The number of methoxy groups -OCH3 is 1. The standard InChI is InChI=1S/C12H15ClNO2/c1-15-11-7-10(13)8(4-5-14)9-3-2-6-16-12(9)11/h2,7H,3-6,14H2,1H3. The van der Waals surface area contributed by atoms with Crippen molar-refractivity contribution in [2.24, 2.45) is 5.73 Å². The van der Waals surface area contributed by atoms with Crippen LogP contribution in [0.4, 0.5) is 0 Å². The highest BCUT2D eigenvalue weighted by atomic mass is 35.5. The van der Waals surface area contributed by atoms with Crippen molar-refractivity contribution in [3.8, 4) is 11.5 Å². The van der Waals surface area contributed by atoms with Crippen LogP contribution in [-0.4, -0.2) is 20.3 Å². The lowest BCUT2D eigenvalue weighted by Crippen LogP contribution is -2.14. The van der Waals surface area contributed by atoms with Crippen LogP contribution in [0.2, 0.25) is 5.02 Å². The zero-order valence-corrected chi connectivity index (χ0v) is 10.0. The molecule has 3 nitrogen and oxygen atoms in total. The third-order valence-electron chi connectivity index (χ3n) is 2.72. The van der Waals surface area contributed by atoms with Gasteiger partial charge in [0.15, 0.2) is 11.5 Å². The Morgan fingerprint density at radius 1 is 1.56 bits per heavy atom. The summed E-state index contributed by atoms with van der Waals surface area (Å²) in [6, 6.07) is 1.80. The molecule has 1 aliphatic rings. The molecule has 0 spiro atoms. The molecule has 1 aromatic carbocycles. The van der Waals surface area contributed by atoms with E-state index < -0.39 is 0 Å². The summed E-state index contributed by atoms with van der Waals surface area (Å²) in [7, 11) is 1.62. The second kappa shape index (κ2) is 4.93. The van der Waals surface area contributed by atoms with E-state index in [1.807, 2.05) is 0 Å². The summed E-state index contributed by atoms with van der Waals surface area (Å²) in [5.41, 5.74) is 7.78. The van der Waals surface area contributed by atoms with Crippen molar-refractivity contribution in [1.29, 1.82) is 0 Å². The van der Waals surface area contributed by atoms with Crippen LogP contribution in [0.15, 0.2) is 6.07 Å². The quantitative estimate of drug-likeness (QED) is 0.879. The lowest BCUT2D eigenvalue weighted by Gasteiger charge is -2.23. The van der Waals surface area contributed by atoms with Gasteiger partial charge in [0, 0.05) is 23.1 Å². The number of hydrogen-bond acceptors (Lipinski definition) is 3. The van der Waals surface area contributed by atoms with Crippen molar-refractivity contribution in [3.05, 3.63) is 28.6 Å². The maximum absolute atomic E-state index is 6.22. The molecule has 1 radical (unpaired) electrons. The molecule has 1 aromatic rings. The summed E-state index contributed by atoms with van der Waals surface area (Å²) in [5, 5.41) is 0.708. The normalized spacial score (nSPS) is 14.2. The first kappa shape index (κ1) is 11.6. The third kappa shape index (κ3) is 1.97.